The van der Waals surface area contributed by atoms with Crippen LogP contribution >= 0.6 is 0 Å². The van der Waals surface area contributed by atoms with Gasteiger partial charge in [-0.1, -0.05) is 5.92 Å². The van der Waals surface area contributed by atoms with Crippen molar-refractivity contribution in [3.8, 4) is 12.3 Å². The average Bonchev–Trinajstić information content (AvgIpc) is 2.29. The zero-order valence-corrected chi connectivity index (χ0v) is 8.61. The van der Waals surface area contributed by atoms with Crippen molar-refractivity contribution in [1.29, 1.82) is 0 Å². The normalized spacial score (nSPS) is 21.1. The summed E-state index contributed by atoms with van der Waals surface area (Å²) in [7, 11) is 0. The molecule has 1 fully saturated rings. The summed E-state index contributed by atoms with van der Waals surface area (Å²) in [4.78, 5) is 13.3. The predicted octanol–water partition coefficient (Wildman–Crippen LogP) is -1.57. The minimum Gasteiger partial charge on any atom is -0.394 e. The van der Waals surface area contributed by atoms with Gasteiger partial charge in [-0.15, -0.1) is 6.42 Å². The molecule has 0 radical (unpaired) electrons. The molecule has 5 heteroatoms. The quantitative estimate of drug-likeness (QED) is 0.436. The van der Waals surface area contributed by atoms with Gasteiger partial charge in [0.1, 0.15) is 0 Å². The van der Waals surface area contributed by atoms with E-state index in [1.807, 2.05) is 0 Å². The van der Waals surface area contributed by atoms with E-state index in [9.17, 15) is 4.79 Å². The molecule has 0 bridgehead atoms. The Bertz CT molecular complexity index is 250. The Morgan fingerprint density at radius 2 is 2.53 bits per heavy atom. The van der Waals surface area contributed by atoms with Gasteiger partial charge in [0.15, 0.2) is 0 Å². The van der Waals surface area contributed by atoms with Crippen molar-refractivity contribution in [2.75, 3.05) is 39.4 Å². The fourth-order valence-electron chi connectivity index (χ4n) is 1.41. The van der Waals surface area contributed by atoms with Crippen LogP contribution in [0.15, 0.2) is 0 Å². The number of hydrogen-bond acceptors (Lipinski definition) is 4. The molecule has 0 saturated carbocycles. The van der Waals surface area contributed by atoms with Gasteiger partial charge in [-0.05, 0) is 0 Å². The van der Waals surface area contributed by atoms with Crippen LogP contribution in [-0.4, -0.2) is 61.4 Å². The van der Waals surface area contributed by atoms with Crippen LogP contribution in [0.4, 0.5) is 0 Å². The molecule has 0 aromatic carbocycles. The van der Waals surface area contributed by atoms with Gasteiger partial charge >= 0.3 is 0 Å². The van der Waals surface area contributed by atoms with Crippen LogP contribution in [-0.2, 0) is 9.53 Å². The van der Waals surface area contributed by atoms with Crippen molar-refractivity contribution < 1.29 is 14.6 Å². The monoisotopic (exact) mass is 212 g/mol. The summed E-state index contributed by atoms with van der Waals surface area (Å²) in [5.41, 5.74) is 0. The molecule has 1 aliphatic rings. The van der Waals surface area contributed by atoms with Crippen molar-refractivity contribution in [3.05, 3.63) is 0 Å². The van der Waals surface area contributed by atoms with Crippen LogP contribution in [0.25, 0.3) is 0 Å². The number of aliphatic hydroxyl groups is 1. The third kappa shape index (κ3) is 3.88. The molecule has 1 heterocycles. The maximum absolute atomic E-state index is 11.6. The number of morpholine rings is 1. The molecule has 0 spiro atoms. The van der Waals surface area contributed by atoms with E-state index in [1.54, 1.807) is 4.90 Å². The van der Waals surface area contributed by atoms with Crippen molar-refractivity contribution in [1.82, 2.24) is 10.2 Å². The van der Waals surface area contributed by atoms with E-state index in [0.29, 0.717) is 26.2 Å². The summed E-state index contributed by atoms with van der Waals surface area (Å²) in [5, 5.41) is 11.7. The Labute approximate surface area is 89.4 Å². The van der Waals surface area contributed by atoms with Crippen LogP contribution in [0, 0.1) is 12.3 Å². The van der Waals surface area contributed by atoms with E-state index >= 15 is 0 Å². The molecule has 84 valence electrons. The highest BCUT2D eigenvalue weighted by Crippen LogP contribution is 2.04. The maximum atomic E-state index is 11.6. The molecule has 0 aromatic heterocycles. The first-order chi connectivity index (χ1) is 7.27. The SMILES string of the molecule is C#CCNCC(=O)N1CCOC(CO)C1. The Balaban J connectivity index is 2.29. The molecule has 2 N–H and O–H groups in total. The number of nitrogens with zero attached hydrogens (tertiary/aromatic N) is 1. The fraction of sp³-hybridized carbons (Fsp3) is 0.700. The number of carbonyl (C=O) groups excluding carboxylic acids is 1. The van der Waals surface area contributed by atoms with E-state index in [0.717, 1.165) is 0 Å². The highest BCUT2D eigenvalue weighted by atomic mass is 16.5. The number of nitrogens with one attached hydrogen (secondary N) is 1. The van der Waals surface area contributed by atoms with Gasteiger partial charge in [0.05, 0.1) is 32.4 Å². The second-order valence-electron chi connectivity index (χ2n) is 3.32. The van der Waals surface area contributed by atoms with Crippen LogP contribution in [0.3, 0.4) is 0 Å². The Hall–Kier alpha value is -1.09. The number of terminal acetylenes is 1. The van der Waals surface area contributed by atoms with Crippen molar-refractivity contribution >= 4 is 5.91 Å². The predicted molar refractivity (Wildman–Crippen MR) is 55.1 cm³/mol. The zero-order valence-electron chi connectivity index (χ0n) is 8.61. The summed E-state index contributed by atoms with van der Waals surface area (Å²) >= 11 is 0. The molecule has 5 nitrogen and oxygen atoms in total. The molecule has 1 saturated heterocycles. The molecule has 0 aromatic rings. The van der Waals surface area contributed by atoms with Crippen LogP contribution in [0.2, 0.25) is 0 Å². The number of carbonyl (C=O) groups is 1. The summed E-state index contributed by atoms with van der Waals surface area (Å²) in [6, 6.07) is 0. The Kier molecular flexibility index (Phi) is 5.12. The van der Waals surface area contributed by atoms with E-state index in [1.165, 1.54) is 0 Å². The van der Waals surface area contributed by atoms with Gasteiger partial charge in [-0.3, -0.25) is 10.1 Å². The van der Waals surface area contributed by atoms with Gasteiger partial charge in [0, 0.05) is 13.1 Å². The number of aliphatic hydroxyl groups excluding tert-OH is 1. The fourth-order valence-corrected chi connectivity index (χ4v) is 1.41. The molecule has 0 aliphatic carbocycles. The largest absolute Gasteiger partial charge is 0.394 e. The summed E-state index contributed by atoms with van der Waals surface area (Å²) in [6.07, 6.45) is 4.79. The minimum absolute atomic E-state index is 0.00741. The first-order valence-electron chi connectivity index (χ1n) is 4.92. The second-order valence-corrected chi connectivity index (χ2v) is 3.32. The second kappa shape index (κ2) is 6.40. The summed E-state index contributed by atoms with van der Waals surface area (Å²) in [6.45, 7) is 2.08. The van der Waals surface area contributed by atoms with E-state index in [-0.39, 0.29) is 25.2 Å². The van der Waals surface area contributed by atoms with E-state index < -0.39 is 0 Å². The lowest BCUT2D eigenvalue weighted by atomic mass is 10.3. The van der Waals surface area contributed by atoms with Crippen molar-refractivity contribution in [2.45, 2.75) is 6.10 Å². The lowest BCUT2D eigenvalue weighted by Crippen LogP contribution is -2.49. The van der Waals surface area contributed by atoms with Gasteiger partial charge < -0.3 is 14.7 Å². The van der Waals surface area contributed by atoms with Crippen LogP contribution in [0.1, 0.15) is 0 Å². The van der Waals surface area contributed by atoms with Crippen molar-refractivity contribution in [2.24, 2.45) is 0 Å². The molecular formula is C10H16N2O3. The van der Waals surface area contributed by atoms with Gasteiger partial charge in [-0.25, -0.2) is 0 Å². The van der Waals surface area contributed by atoms with Crippen LogP contribution < -0.4 is 5.32 Å². The lowest BCUT2D eigenvalue weighted by molar-refractivity contribution is -0.139. The van der Waals surface area contributed by atoms with Crippen molar-refractivity contribution in [3.63, 3.8) is 0 Å². The van der Waals surface area contributed by atoms with Gasteiger partial charge in [-0.2, -0.15) is 0 Å². The molecule has 1 atom stereocenters. The maximum Gasteiger partial charge on any atom is 0.236 e. The molecule has 1 aliphatic heterocycles. The summed E-state index contributed by atoms with van der Waals surface area (Å²) < 4.78 is 5.24. The standard InChI is InChI=1S/C10H16N2O3/c1-2-3-11-6-10(14)12-4-5-15-9(7-12)8-13/h1,9,11,13H,3-8H2. The molecule has 1 rings (SSSR count). The highest BCUT2D eigenvalue weighted by molar-refractivity contribution is 5.78. The highest BCUT2D eigenvalue weighted by Gasteiger charge is 2.22. The number of ether oxygens (including phenoxy) is 1. The number of amides is 1. The zero-order chi connectivity index (χ0) is 11.1. The molecule has 15 heavy (non-hydrogen) atoms. The van der Waals surface area contributed by atoms with Gasteiger partial charge in [0.25, 0.3) is 0 Å². The third-order valence-corrected chi connectivity index (χ3v) is 2.20. The molecular weight excluding hydrogens is 196 g/mol. The lowest BCUT2D eigenvalue weighted by Gasteiger charge is -2.32. The van der Waals surface area contributed by atoms with E-state index in [4.69, 9.17) is 16.3 Å². The Morgan fingerprint density at radius 3 is 3.20 bits per heavy atom. The molecule has 1 amide bonds. The van der Waals surface area contributed by atoms with Gasteiger partial charge in [0.2, 0.25) is 5.91 Å². The average molecular weight is 212 g/mol. The summed E-state index contributed by atoms with van der Waals surface area (Å²) in [5.74, 6) is 2.39. The smallest absolute Gasteiger partial charge is 0.236 e. The number of rotatable bonds is 4. The third-order valence-electron chi connectivity index (χ3n) is 2.20. The van der Waals surface area contributed by atoms with E-state index in [2.05, 4.69) is 11.2 Å². The van der Waals surface area contributed by atoms with Crippen LogP contribution in [0.5, 0.6) is 0 Å². The Morgan fingerprint density at radius 1 is 1.73 bits per heavy atom. The topological polar surface area (TPSA) is 61.8 Å². The first kappa shape index (κ1) is 12.0. The number of hydrogen-bond donors (Lipinski definition) is 2. The first-order valence-corrected chi connectivity index (χ1v) is 4.92. The minimum atomic E-state index is -0.254. The molecule has 1 unspecified atom stereocenters.